The number of aromatic nitrogens is 1. The van der Waals surface area contributed by atoms with Crippen LogP contribution in [0.1, 0.15) is 31.4 Å². The summed E-state index contributed by atoms with van der Waals surface area (Å²) in [5.74, 6) is -0.277. The Labute approximate surface area is 205 Å². The number of aliphatic hydroxyl groups excluding tert-OH is 4. The predicted molar refractivity (Wildman–Crippen MR) is 123 cm³/mol. The quantitative estimate of drug-likeness (QED) is 0.334. The fourth-order valence-electron chi connectivity index (χ4n) is 3.83. The zero-order valence-electron chi connectivity index (χ0n) is 19.1. The average molecular weight is 521 g/mol. The lowest BCUT2D eigenvalue weighted by Crippen LogP contribution is -2.43. The molecular weight excluding hydrogens is 489 g/mol. The number of hydrogen-bond donors (Lipinski definition) is 4. The summed E-state index contributed by atoms with van der Waals surface area (Å²) >= 11 is 1.39. The first-order valence-electron chi connectivity index (χ1n) is 11.5. The molecule has 8 nitrogen and oxygen atoms in total. The fraction of sp³-hybridized carbons (Fsp3) is 0.609. The molecule has 0 radical (unpaired) electrons. The van der Waals surface area contributed by atoms with Gasteiger partial charge in [-0.15, -0.1) is 24.5 Å². The van der Waals surface area contributed by atoms with E-state index < -0.39 is 30.8 Å². The second-order valence-electron chi connectivity index (χ2n) is 8.56. The predicted octanol–water partition coefficient (Wildman–Crippen LogP) is 2.54. The highest BCUT2D eigenvalue weighted by Gasteiger charge is 2.36. The lowest BCUT2D eigenvalue weighted by Gasteiger charge is -2.23. The summed E-state index contributed by atoms with van der Waals surface area (Å²) in [5, 5.41) is 41.8. The molecule has 4 N–H and O–H groups in total. The van der Waals surface area contributed by atoms with E-state index in [0.29, 0.717) is 30.3 Å². The second kappa shape index (κ2) is 12.9. The summed E-state index contributed by atoms with van der Waals surface area (Å²) in [6.45, 7) is 1.98. The van der Waals surface area contributed by atoms with Crippen LogP contribution in [0.4, 0.5) is 13.2 Å². The van der Waals surface area contributed by atoms with E-state index in [9.17, 15) is 33.6 Å². The number of unbranched alkanes of at least 4 members (excludes halogenated alkanes) is 3. The summed E-state index contributed by atoms with van der Waals surface area (Å²) in [7, 11) is 0. The summed E-state index contributed by atoms with van der Waals surface area (Å²) in [6, 6.07) is 5.57. The Morgan fingerprint density at radius 2 is 1.57 bits per heavy atom. The van der Waals surface area contributed by atoms with Gasteiger partial charge in [0.2, 0.25) is 0 Å². The molecule has 0 aliphatic carbocycles. The molecule has 1 fully saturated rings. The number of hydrogen-bond acceptors (Lipinski definition) is 9. The minimum absolute atomic E-state index is 0.208. The molecule has 1 saturated heterocycles. The van der Waals surface area contributed by atoms with Crippen LogP contribution in [0.15, 0.2) is 29.6 Å². The highest BCUT2D eigenvalue weighted by molar-refractivity contribution is 7.13. The van der Waals surface area contributed by atoms with E-state index in [1.165, 1.54) is 35.6 Å². The molecule has 2 aromatic rings. The number of nitrogens with zero attached hydrogens (tertiary/aromatic N) is 2. The minimum Gasteiger partial charge on any atom is -0.406 e. The number of ether oxygens (including phenoxy) is 2. The molecule has 1 aromatic carbocycles. The maximum Gasteiger partial charge on any atom is 0.573 e. The summed E-state index contributed by atoms with van der Waals surface area (Å²) < 4.78 is 46.3. The van der Waals surface area contributed by atoms with Crippen LogP contribution in [0.3, 0.4) is 0 Å². The molecule has 1 aliphatic heterocycles. The van der Waals surface area contributed by atoms with E-state index in [1.807, 2.05) is 10.3 Å². The van der Waals surface area contributed by atoms with Crippen molar-refractivity contribution in [1.29, 1.82) is 0 Å². The minimum atomic E-state index is -4.72. The van der Waals surface area contributed by atoms with Gasteiger partial charge >= 0.3 is 6.36 Å². The van der Waals surface area contributed by atoms with Crippen LogP contribution in [0, 0.1) is 0 Å². The molecule has 4 atom stereocenters. The lowest BCUT2D eigenvalue weighted by atomic mass is 10.1. The van der Waals surface area contributed by atoms with Gasteiger partial charge in [-0.05, 0) is 43.7 Å². The number of alkyl halides is 3. The van der Waals surface area contributed by atoms with Crippen LogP contribution < -0.4 is 4.74 Å². The highest BCUT2D eigenvalue weighted by Crippen LogP contribution is 2.28. The number of rotatable bonds is 11. The summed E-state index contributed by atoms with van der Waals surface area (Å²) in [5.41, 5.74) is 1.45. The second-order valence-corrected chi connectivity index (χ2v) is 9.42. The van der Waals surface area contributed by atoms with Crippen molar-refractivity contribution in [2.24, 2.45) is 0 Å². The van der Waals surface area contributed by atoms with E-state index in [1.54, 1.807) is 0 Å². The van der Waals surface area contributed by atoms with Crippen molar-refractivity contribution in [2.75, 3.05) is 26.2 Å². The number of β-amino-alcohol motifs (C(OH)–C–C–N with tert-alkyl or cyclic N) is 2. The van der Waals surface area contributed by atoms with Crippen LogP contribution in [0.5, 0.6) is 5.75 Å². The van der Waals surface area contributed by atoms with Crippen molar-refractivity contribution in [1.82, 2.24) is 9.88 Å². The molecule has 0 unspecified atom stereocenters. The molecule has 0 spiro atoms. The van der Waals surface area contributed by atoms with Gasteiger partial charge in [-0.3, -0.25) is 4.90 Å². The van der Waals surface area contributed by atoms with Gasteiger partial charge in [0.25, 0.3) is 0 Å². The van der Waals surface area contributed by atoms with E-state index in [0.717, 1.165) is 31.4 Å². The van der Waals surface area contributed by atoms with Crippen LogP contribution in [0.2, 0.25) is 0 Å². The number of aliphatic hydroxyl groups is 4. The zero-order chi connectivity index (χ0) is 25.4. The van der Waals surface area contributed by atoms with Gasteiger partial charge in [0.05, 0.1) is 24.5 Å². The molecule has 12 heteroatoms. The van der Waals surface area contributed by atoms with Gasteiger partial charge in [-0.2, -0.15) is 0 Å². The molecule has 3 rings (SSSR count). The van der Waals surface area contributed by atoms with Crippen molar-refractivity contribution >= 4 is 11.3 Å². The molecule has 0 saturated carbocycles. The van der Waals surface area contributed by atoms with Gasteiger partial charge in [-0.25, -0.2) is 4.98 Å². The van der Waals surface area contributed by atoms with Crippen LogP contribution in [-0.4, -0.2) is 87.3 Å². The monoisotopic (exact) mass is 520 g/mol. The van der Waals surface area contributed by atoms with Crippen molar-refractivity contribution < 1.29 is 43.1 Å². The third kappa shape index (κ3) is 8.98. The maximum absolute atomic E-state index is 12.3. The van der Waals surface area contributed by atoms with E-state index in [-0.39, 0.29) is 18.8 Å². The SMILES string of the molecule is O[C@H]1[C@H](O)[C@@H](O)CN(CCCCCCOCc2csc(-c3ccc(OC(F)(F)F)cc3)n2)C[C@@H]1O. The first-order valence-corrected chi connectivity index (χ1v) is 12.3. The molecule has 0 amide bonds. The summed E-state index contributed by atoms with van der Waals surface area (Å²) in [6.07, 6.45) is -6.01. The van der Waals surface area contributed by atoms with Gasteiger partial charge in [0, 0.05) is 30.6 Å². The normalized spacial score (nSPS) is 23.9. The standard InChI is InChI=1S/C23H31F3N2O6S/c24-23(25,26)34-17-7-5-15(6-8-17)22-27-16(14-35-22)13-33-10-4-2-1-3-9-28-11-18(29)20(31)21(32)19(30)12-28/h5-8,14,18-21,29-32H,1-4,9-13H2/t18-,19-,20+,21+/m0/s1. The van der Waals surface area contributed by atoms with Crippen LogP contribution in [0.25, 0.3) is 10.6 Å². The Hall–Kier alpha value is -1.80. The molecule has 1 aromatic heterocycles. The van der Waals surface area contributed by atoms with Gasteiger partial charge in [0.1, 0.15) is 23.0 Å². The third-order valence-corrected chi connectivity index (χ3v) is 6.62. The number of benzene rings is 1. The Balaban J connectivity index is 1.29. The Morgan fingerprint density at radius 3 is 2.20 bits per heavy atom. The van der Waals surface area contributed by atoms with Crippen LogP contribution in [-0.2, 0) is 11.3 Å². The molecule has 0 bridgehead atoms. The lowest BCUT2D eigenvalue weighted by molar-refractivity contribution is -0.274. The highest BCUT2D eigenvalue weighted by atomic mass is 32.1. The number of halogens is 3. The average Bonchev–Trinajstić information content (AvgIpc) is 3.24. The van der Waals surface area contributed by atoms with E-state index in [4.69, 9.17) is 4.74 Å². The van der Waals surface area contributed by atoms with Gasteiger partial charge < -0.3 is 29.9 Å². The zero-order valence-corrected chi connectivity index (χ0v) is 19.9. The van der Waals surface area contributed by atoms with Crippen molar-refractivity contribution in [3.63, 3.8) is 0 Å². The number of thiazole rings is 1. The molecule has 2 heterocycles. The fourth-order valence-corrected chi connectivity index (χ4v) is 4.64. The Morgan fingerprint density at radius 1 is 0.943 bits per heavy atom. The Kier molecular flexibility index (Phi) is 10.3. The third-order valence-electron chi connectivity index (χ3n) is 5.68. The Bertz CT molecular complexity index is 882. The van der Waals surface area contributed by atoms with Gasteiger partial charge in [-0.1, -0.05) is 12.8 Å². The first-order chi connectivity index (χ1) is 16.6. The van der Waals surface area contributed by atoms with Crippen molar-refractivity contribution in [3.8, 4) is 16.3 Å². The van der Waals surface area contributed by atoms with Crippen LogP contribution >= 0.6 is 11.3 Å². The van der Waals surface area contributed by atoms with Gasteiger partial charge in [0.15, 0.2) is 0 Å². The largest absolute Gasteiger partial charge is 0.573 e. The first kappa shape index (κ1) is 27.8. The van der Waals surface area contributed by atoms with Crippen molar-refractivity contribution in [3.05, 3.63) is 35.3 Å². The smallest absolute Gasteiger partial charge is 0.406 e. The topological polar surface area (TPSA) is 116 Å². The molecule has 35 heavy (non-hydrogen) atoms. The molecular formula is C23H31F3N2O6S. The van der Waals surface area contributed by atoms with E-state index in [2.05, 4.69) is 9.72 Å². The molecule has 196 valence electrons. The summed E-state index contributed by atoms with van der Waals surface area (Å²) in [4.78, 5) is 6.31. The molecule has 1 aliphatic rings. The number of likely N-dealkylation sites (tertiary alicyclic amines) is 1. The van der Waals surface area contributed by atoms with Crippen molar-refractivity contribution in [2.45, 2.75) is 63.1 Å². The maximum atomic E-state index is 12.3. The van der Waals surface area contributed by atoms with E-state index >= 15 is 0 Å².